The maximum absolute atomic E-state index is 14.6. The van der Waals surface area contributed by atoms with Gasteiger partial charge in [0.25, 0.3) is 5.92 Å². The lowest BCUT2D eigenvalue weighted by Gasteiger charge is -2.35. The Kier molecular flexibility index (Phi) is 4.27. The first-order valence-corrected chi connectivity index (χ1v) is 9.42. The number of benzene rings is 1. The summed E-state index contributed by atoms with van der Waals surface area (Å²) in [4.78, 5) is 28.8. The molecule has 0 aliphatic carbocycles. The number of imidazole rings is 1. The fourth-order valence-electron chi connectivity index (χ4n) is 3.53. The number of alkyl halides is 2. The second-order valence-electron chi connectivity index (χ2n) is 7.08. The number of pyridine rings is 2. The van der Waals surface area contributed by atoms with Crippen molar-refractivity contribution < 1.29 is 18.4 Å². The van der Waals surface area contributed by atoms with E-state index in [0.29, 0.717) is 21.4 Å². The largest absolute Gasteiger partial charge is 0.466 e. The molecule has 3 aromatic heterocycles. The van der Waals surface area contributed by atoms with Crippen LogP contribution in [0.15, 0.2) is 55.0 Å². The van der Waals surface area contributed by atoms with E-state index >= 15 is 0 Å². The van der Waals surface area contributed by atoms with Crippen LogP contribution in [0.5, 0.6) is 5.88 Å². The van der Waals surface area contributed by atoms with Gasteiger partial charge >= 0.3 is 5.82 Å². The molecule has 0 amide bonds. The minimum atomic E-state index is -3.10. The number of nitrogens with zero attached hydrogens (tertiary/aromatic N) is 5. The highest BCUT2D eigenvalue weighted by atomic mass is 19.3. The van der Waals surface area contributed by atoms with Crippen LogP contribution in [-0.4, -0.2) is 54.9 Å². The van der Waals surface area contributed by atoms with Crippen LogP contribution in [0.1, 0.15) is 6.42 Å². The average molecular weight is 411 g/mol. The van der Waals surface area contributed by atoms with Crippen LogP contribution in [0.4, 0.5) is 14.6 Å². The lowest BCUT2D eigenvalue weighted by atomic mass is 10.0. The Bertz CT molecular complexity index is 1240. The Morgan fingerprint density at radius 2 is 2.03 bits per heavy atom. The molecule has 1 N–H and O–H groups in total. The van der Waals surface area contributed by atoms with Crippen LogP contribution in [0.25, 0.3) is 21.9 Å². The van der Waals surface area contributed by atoms with Crippen molar-refractivity contribution in [1.29, 1.82) is 0 Å². The third kappa shape index (κ3) is 3.19. The first-order valence-electron chi connectivity index (χ1n) is 9.42. The Hall–Kier alpha value is -3.69. The minimum absolute atomic E-state index is 0.0431. The number of halogens is 2. The van der Waals surface area contributed by atoms with Gasteiger partial charge in [0.15, 0.2) is 11.6 Å². The molecule has 4 heterocycles. The van der Waals surface area contributed by atoms with Crippen LogP contribution < -0.4 is 4.74 Å². The Labute approximate surface area is 169 Å². The number of H-pyrrole nitrogens is 1. The average Bonchev–Trinajstić information content (AvgIpc) is 3.23. The molecular formula is C20H17F2N6O2+. The number of rotatable bonds is 4. The minimum Gasteiger partial charge on any atom is -0.466 e. The predicted octanol–water partition coefficient (Wildman–Crippen LogP) is 3.62. The molecule has 1 aliphatic heterocycles. The summed E-state index contributed by atoms with van der Waals surface area (Å²) >= 11 is 0. The highest BCUT2D eigenvalue weighted by Gasteiger charge is 2.49. The smallest absolute Gasteiger partial charge is 0.416 e. The Morgan fingerprint density at radius 3 is 2.93 bits per heavy atom. The van der Waals surface area contributed by atoms with Crippen LogP contribution >= 0.6 is 0 Å². The van der Waals surface area contributed by atoms with Crippen molar-refractivity contribution >= 4 is 27.8 Å². The van der Waals surface area contributed by atoms with Gasteiger partial charge in [-0.25, -0.2) is 23.8 Å². The molecule has 0 saturated carbocycles. The molecule has 0 bridgehead atoms. The predicted molar refractivity (Wildman–Crippen MR) is 104 cm³/mol. The van der Waals surface area contributed by atoms with Gasteiger partial charge in [0.2, 0.25) is 5.88 Å². The van der Waals surface area contributed by atoms with E-state index in [9.17, 15) is 13.7 Å². The SMILES string of the molecule is O=[N+](c1nccc2[nH]cnc12)N1CCC(F)(F)C(Oc2ccc3ccccc3n2)C1. The molecule has 0 radical (unpaired) electrons. The monoisotopic (exact) mass is 411 g/mol. The number of nitroso groups, excluding NO2 is 1. The number of hydrogen-bond donors (Lipinski definition) is 1. The quantitative estimate of drug-likeness (QED) is 0.516. The molecule has 8 nitrogen and oxygen atoms in total. The third-order valence-corrected chi connectivity index (χ3v) is 5.14. The van der Waals surface area contributed by atoms with Crippen molar-refractivity contribution in [2.75, 3.05) is 13.1 Å². The molecule has 5 rings (SSSR count). The number of fused-ring (bicyclic) bond motifs is 2. The summed E-state index contributed by atoms with van der Waals surface area (Å²) in [5.74, 6) is -2.97. The van der Waals surface area contributed by atoms with E-state index in [1.807, 2.05) is 18.2 Å². The molecule has 0 spiro atoms. The number of hydrogen-bond acceptors (Lipinski definition) is 5. The fraction of sp³-hybridized carbons (Fsp3) is 0.250. The summed E-state index contributed by atoms with van der Waals surface area (Å²) in [6.07, 6.45) is 0.854. The van der Waals surface area contributed by atoms with Crippen molar-refractivity contribution in [1.82, 2.24) is 24.9 Å². The van der Waals surface area contributed by atoms with Gasteiger partial charge < -0.3 is 9.72 Å². The van der Waals surface area contributed by atoms with Crippen molar-refractivity contribution in [3.8, 4) is 5.88 Å². The number of aromatic amines is 1. The number of para-hydroxylation sites is 1. The molecule has 1 fully saturated rings. The summed E-state index contributed by atoms with van der Waals surface area (Å²) in [5.41, 5.74) is 1.65. The van der Waals surface area contributed by atoms with Crippen molar-refractivity contribution in [2.24, 2.45) is 0 Å². The highest BCUT2D eigenvalue weighted by molar-refractivity contribution is 5.81. The van der Waals surface area contributed by atoms with Crippen LogP contribution in [0, 0.1) is 4.91 Å². The summed E-state index contributed by atoms with van der Waals surface area (Å²) < 4.78 is 34.7. The highest BCUT2D eigenvalue weighted by Crippen LogP contribution is 2.33. The van der Waals surface area contributed by atoms with Gasteiger partial charge in [0.1, 0.15) is 12.7 Å². The third-order valence-electron chi connectivity index (χ3n) is 5.14. The molecule has 1 aliphatic rings. The molecular weight excluding hydrogens is 394 g/mol. The topological polar surface area (TPSA) is 87.0 Å². The van der Waals surface area contributed by atoms with Gasteiger partial charge in [-0.2, -0.15) is 0 Å². The number of hydrazine groups is 1. The van der Waals surface area contributed by atoms with Gasteiger partial charge in [-0.3, -0.25) is 0 Å². The zero-order valence-corrected chi connectivity index (χ0v) is 15.7. The molecule has 152 valence electrons. The normalized spacial score (nSPS) is 18.6. The van der Waals surface area contributed by atoms with E-state index in [1.54, 1.807) is 24.3 Å². The second kappa shape index (κ2) is 6.97. The van der Waals surface area contributed by atoms with E-state index in [0.717, 1.165) is 5.39 Å². The van der Waals surface area contributed by atoms with Gasteiger partial charge in [0.05, 0.1) is 28.8 Å². The zero-order valence-electron chi connectivity index (χ0n) is 15.7. The standard InChI is InChI=1S/C20H17F2N6O2/c21-20(22)8-10-27(28(29)19-18-15(7-9-23-19)24-12-25-18)11-16(20)30-17-6-5-13-3-1-2-4-14(13)26-17/h1-7,9,12,16H,8,10-11H2,(H,24,25)/q+1. The molecule has 30 heavy (non-hydrogen) atoms. The van der Waals surface area contributed by atoms with Crippen LogP contribution in [0.2, 0.25) is 0 Å². The maximum atomic E-state index is 14.6. The maximum Gasteiger partial charge on any atom is 0.416 e. The summed E-state index contributed by atoms with van der Waals surface area (Å²) in [7, 11) is 0. The molecule has 4 aromatic rings. The van der Waals surface area contributed by atoms with Crippen molar-refractivity contribution in [3.63, 3.8) is 0 Å². The molecule has 1 atom stereocenters. The fourth-order valence-corrected chi connectivity index (χ4v) is 3.53. The van der Waals surface area contributed by atoms with E-state index in [-0.39, 0.29) is 24.8 Å². The number of aromatic nitrogens is 4. The molecule has 1 unspecified atom stereocenters. The van der Waals surface area contributed by atoms with Gasteiger partial charge in [-0.05, 0) is 22.0 Å². The Balaban J connectivity index is 1.40. The van der Waals surface area contributed by atoms with E-state index in [2.05, 4.69) is 19.9 Å². The molecule has 10 heteroatoms. The number of nitrogens with one attached hydrogen (secondary N) is 1. The Morgan fingerprint density at radius 1 is 1.17 bits per heavy atom. The summed E-state index contributed by atoms with van der Waals surface area (Å²) in [6.45, 7) is -0.447. The molecule has 1 aromatic carbocycles. The van der Waals surface area contributed by atoms with Crippen LogP contribution in [-0.2, 0) is 0 Å². The number of piperidine rings is 1. The summed E-state index contributed by atoms with van der Waals surface area (Å²) in [6, 6.07) is 12.3. The molecule has 1 saturated heterocycles. The zero-order chi connectivity index (χ0) is 20.7. The van der Waals surface area contributed by atoms with E-state index in [4.69, 9.17) is 4.74 Å². The van der Waals surface area contributed by atoms with Gasteiger partial charge in [-0.15, -0.1) is 0 Å². The van der Waals surface area contributed by atoms with Crippen LogP contribution in [0.3, 0.4) is 0 Å². The van der Waals surface area contributed by atoms with Crippen molar-refractivity contribution in [2.45, 2.75) is 18.4 Å². The number of ether oxygens (including phenoxy) is 1. The van der Waals surface area contributed by atoms with E-state index in [1.165, 1.54) is 17.5 Å². The first-order chi connectivity index (χ1) is 14.5. The second-order valence-corrected chi connectivity index (χ2v) is 7.08. The first kappa shape index (κ1) is 18.3. The summed E-state index contributed by atoms with van der Waals surface area (Å²) in [5, 5.41) is 2.13. The van der Waals surface area contributed by atoms with Gasteiger partial charge in [-0.1, -0.05) is 18.2 Å². The lowest BCUT2D eigenvalue weighted by Crippen LogP contribution is -2.55. The van der Waals surface area contributed by atoms with Crippen molar-refractivity contribution in [3.05, 3.63) is 59.9 Å². The van der Waals surface area contributed by atoms with Gasteiger partial charge in [0, 0.05) is 23.9 Å². The lowest BCUT2D eigenvalue weighted by molar-refractivity contribution is -0.649. The van der Waals surface area contributed by atoms with E-state index < -0.39 is 18.4 Å².